The molecule has 3 aromatic carbocycles. The van der Waals surface area contributed by atoms with Crippen molar-refractivity contribution in [1.29, 1.82) is 0 Å². The van der Waals surface area contributed by atoms with Crippen molar-refractivity contribution in [2.45, 2.75) is 32.5 Å². The van der Waals surface area contributed by atoms with E-state index in [2.05, 4.69) is 16.8 Å². The van der Waals surface area contributed by atoms with E-state index in [0.29, 0.717) is 13.1 Å². The van der Waals surface area contributed by atoms with Crippen molar-refractivity contribution in [1.82, 2.24) is 24.6 Å². The molecule has 0 spiro atoms. The maximum absolute atomic E-state index is 13.9. The number of amides is 2. The molecule has 0 unspecified atom stereocenters. The van der Waals surface area contributed by atoms with E-state index in [1.54, 1.807) is 12.1 Å². The molecule has 0 fully saturated rings. The zero-order valence-electron chi connectivity index (χ0n) is 21.1. The molecule has 38 heavy (non-hydrogen) atoms. The lowest BCUT2D eigenvalue weighted by atomic mass is 10.0. The van der Waals surface area contributed by atoms with Gasteiger partial charge in [-0.25, -0.2) is 13.9 Å². The molecular formula is C31H28FN5O. The lowest BCUT2D eigenvalue weighted by Gasteiger charge is -2.31. The van der Waals surface area contributed by atoms with E-state index in [-0.39, 0.29) is 11.8 Å². The van der Waals surface area contributed by atoms with Crippen molar-refractivity contribution in [2.24, 2.45) is 0 Å². The van der Waals surface area contributed by atoms with E-state index in [9.17, 15) is 9.18 Å². The Kier molecular flexibility index (Phi) is 6.25. The first-order chi connectivity index (χ1) is 18.6. The maximum atomic E-state index is 13.9. The number of urea groups is 1. The highest BCUT2D eigenvalue weighted by Crippen LogP contribution is 2.38. The van der Waals surface area contributed by atoms with Crippen LogP contribution in [0.3, 0.4) is 0 Å². The molecule has 3 heterocycles. The molecule has 0 aliphatic carbocycles. The number of hydrogen-bond acceptors (Lipinski definition) is 2. The van der Waals surface area contributed by atoms with Crippen LogP contribution in [0.2, 0.25) is 0 Å². The van der Waals surface area contributed by atoms with Crippen molar-refractivity contribution in [2.75, 3.05) is 0 Å². The van der Waals surface area contributed by atoms with Crippen molar-refractivity contribution in [3.05, 3.63) is 137 Å². The minimum Gasteiger partial charge on any atom is -0.334 e. The summed E-state index contributed by atoms with van der Waals surface area (Å²) in [5, 5.41) is 8.10. The Morgan fingerprint density at radius 3 is 2.37 bits per heavy atom. The van der Waals surface area contributed by atoms with Crippen LogP contribution in [0.4, 0.5) is 9.18 Å². The van der Waals surface area contributed by atoms with Gasteiger partial charge >= 0.3 is 6.03 Å². The molecule has 1 N–H and O–H groups in total. The summed E-state index contributed by atoms with van der Waals surface area (Å²) >= 11 is 0. The standard InChI is InChI=1S/C31H28FN5O/c1-2-27-26-21-36(31(38)33-20-22-10-5-3-6-11-22)29(23-15-17-24(32)18-16-23)28-14-9-19-35(28)30(26)37(34-27)25-12-7-4-8-13-25/h3-19,29H,2,20-21H2,1H3,(H,33,38)/t29-/m0/s1. The van der Waals surface area contributed by atoms with Gasteiger partial charge in [0.15, 0.2) is 0 Å². The molecule has 1 aliphatic rings. The Bertz CT molecular complexity index is 1560. The number of hydrogen-bond donors (Lipinski definition) is 1. The Morgan fingerprint density at radius 1 is 0.947 bits per heavy atom. The third-order valence-electron chi connectivity index (χ3n) is 7.04. The van der Waals surface area contributed by atoms with Crippen molar-refractivity contribution in [3.8, 4) is 11.5 Å². The number of aryl methyl sites for hydroxylation is 1. The van der Waals surface area contributed by atoms with Gasteiger partial charge in [0.1, 0.15) is 11.6 Å². The van der Waals surface area contributed by atoms with Crippen LogP contribution in [-0.2, 0) is 19.5 Å². The van der Waals surface area contributed by atoms with Gasteiger partial charge in [-0.05, 0) is 53.9 Å². The first kappa shape index (κ1) is 23.7. The maximum Gasteiger partial charge on any atom is 0.318 e. The Hall–Kier alpha value is -4.65. The molecule has 1 atom stereocenters. The summed E-state index contributed by atoms with van der Waals surface area (Å²) in [4.78, 5) is 15.7. The number of fused-ring (bicyclic) bond motifs is 3. The molecule has 1 aliphatic heterocycles. The molecule has 2 amide bonds. The molecule has 0 saturated heterocycles. The number of benzene rings is 3. The molecule has 0 radical (unpaired) electrons. The number of nitrogens with one attached hydrogen (secondary N) is 1. The molecule has 0 bridgehead atoms. The van der Waals surface area contributed by atoms with Gasteiger partial charge in [-0.3, -0.25) is 0 Å². The average molecular weight is 506 g/mol. The van der Waals surface area contributed by atoms with Crippen LogP contribution in [0.15, 0.2) is 103 Å². The second kappa shape index (κ2) is 10.0. The Morgan fingerprint density at radius 2 is 1.66 bits per heavy atom. The highest BCUT2D eigenvalue weighted by molar-refractivity contribution is 5.76. The highest BCUT2D eigenvalue weighted by atomic mass is 19.1. The van der Waals surface area contributed by atoms with Crippen LogP contribution >= 0.6 is 0 Å². The van der Waals surface area contributed by atoms with E-state index in [4.69, 9.17) is 5.10 Å². The summed E-state index contributed by atoms with van der Waals surface area (Å²) in [5.41, 5.74) is 5.64. The summed E-state index contributed by atoms with van der Waals surface area (Å²) in [6.07, 6.45) is 2.73. The second-order valence-corrected chi connectivity index (χ2v) is 9.38. The van der Waals surface area contributed by atoms with Crippen LogP contribution < -0.4 is 5.32 Å². The van der Waals surface area contributed by atoms with Crippen LogP contribution in [-0.4, -0.2) is 25.3 Å². The first-order valence-electron chi connectivity index (χ1n) is 12.8. The molecule has 6 rings (SSSR count). The van der Waals surface area contributed by atoms with E-state index in [1.807, 2.05) is 88.6 Å². The fourth-order valence-electron chi connectivity index (χ4n) is 5.22. The van der Waals surface area contributed by atoms with Gasteiger partial charge in [0.2, 0.25) is 0 Å². The molecule has 190 valence electrons. The topological polar surface area (TPSA) is 55.1 Å². The Balaban J connectivity index is 1.50. The lowest BCUT2D eigenvalue weighted by molar-refractivity contribution is 0.180. The van der Waals surface area contributed by atoms with Crippen molar-refractivity contribution < 1.29 is 9.18 Å². The number of para-hydroxylation sites is 1. The average Bonchev–Trinajstić information content (AvgIpc) is 3.54. The first-order valence-corrected chi connectivity index (χ1v) is 12.8. The van der Waals surface area contributed by atoms with Gasteiger partial charge in [-0.1, -0.05) is 67.6 Å². The summed E-state index contributed by atoms with van der Waals surface area (Å²) < 4.78 is 18.0. The number of carbonyl (C=O) groups is 1. The third kappa shape index (κ3) is 4.26. The summed E-state index contributed by atoms with van der Waals surface area (Å²) in [6.45, 7) is 2.84. The zero-order chi connectivity index (χ0) is 26.1. The monoisotopic (exact) mass is 505 g/mol. The van der Waals surface area contributed by atoms with Gasteiger partial charge < -0.3 is 14.8 Å². The van der Waals surface area contributed by atoms with Gasteiger partial charge in [-0.15, -0.1) is 0 Å². The molecule has 5 aromatic rings. The number of nitrogens with zero attached hydrogens (tertiary/aromatic N) is 4. The van der Waals surface area contributed by atoms with Gasteiger partial charge in [-0.2, -0.15) is 5.10 Å². The lowest BCUT2D eigenvalue weighted by Crippen LogP contribution is -2.41. The summed E-state index contributed by atoms with van der Waals surface area (Å²) in [7, 11) is 0. The smallest absolute Gasteiger partial charge is 0.318 e. The molecular weight excluding hydrogens is 477 g/mol. The molecule has 0 saturated carbocycles. The van der Waals surface area contributed by atoms with E-state index >= 15 is 0 Å². The molecule has 2 aromatic heterocycles. The molecule has 6 nitrogen and oxygen atoms in total. The van der Waals surface area contributed by atoms with Gasteiger partial charge in [0.25, 0.3) is 0 Å². The quantitative estimate of drug-likeness (QED) is 0.310. The van der Waals surface area contributed by atoms with Crippen LogP contribution in [0.5, 0.6) is 0 Å². The summed E-state index contributed by atoms with van der Waals surface area (Å²) in [5.74, 6) is 0.604. The number of carbonyl (C=O) groups excluding carboxylic acids is 1. The predicted octanol–water partition coefficient (Wildman–Crippen LogP) is 6.18. The zero-order valence-corrected chi connectivity index (χ0v) is 21.1. The van der Waals surface area contributed by atoms with Gasteiger partial charge in [0.05, 0.1) is 29.7 Å². The largest absolute Gasteiger partial charge is 0.334 e. The van der Waals surface area contributed by atoms with Crippen LogP contribution in [0.1, 0.15) is 41.0 Å². The Labute approximate surface area is 221 Å². The predicted molar refractivity (Wildman–Crippen MR) is 145 cm³/mol. The van der Waals surface area contributed by atoms with Crippen LogP contribution in [0, 0.1) is 5.82 Å². The van der Waals surface area contributed by atoms with Crippen molar-refractivity contribution >= 4 is 6.03 Å². The second-order valence-electron chi connectivity index (χ2n) is 9.38. The van der Waals surface area contributed by atoms with E-state index in [0.717, 1.165) is 46.0 Å². The number of rotatable bonds is 5. The minimum absolute atomic E-state index is 0.196. The fourth-order valence-corrected chi connectivity index (χ4v) is 5.22. The SMILES string of the molecule is CCc1nn(-c2ccccc2)c2c1CN(C(=O)NCc1ccccc1)[C@@H](c1ccc(F)cc1)c1cccn1-2. The fraction of sp³-hybridized carbons (Fsp3) is 0.161. The highest BCUT2D eigenvalue weighted by Gasteiger charge is 2.36. The minimum atomic E-state index is -0.428. The normalized spacial score (nSPS) is 14.5. The van der Waals surface area contributed by atoms with E-state index < -0.39 is 6.04 Å². The number of aromatic nitrogens is 3. The molecule has 7 heteroatoms. The van der Waals surface area contributed by atoms with E-state index in [1.165, 1.54) is 12.1 Å². The third-order valence-corrected chi connectivity index (χ3v) is 7.04. The van der Waals surface area contributed by atoms with Gasteiger partial charge in [0, 0.05) is 18.3 Å². The summed E-state index contributed by atoms with van der Waals surface area (Å²) in [6, 6.07) is 29.7. The number of halogens is 1. The van der Waals surface area contributed by atoms with Crippen molar-refractivity contribution in [3.63, 3.8) is 0 Å². The van der Waals surface area contributed by atoms with Crippen LogP contribution in [0.25, 0.3) is 11.5 Å².